The lowest BCUT2D eigenvalue weighted by Crippen LogP contribution is -2.40. The first kappa shape index (κ1) is 17.8. The molecule has 24 heavy (non-hydrogen) atoms. The Kier molecular flexibility index (Phi) is 6.20. The molecule has 2 rings (SSSR count). The van der Waals surface area contributed by atoms with Crippen molar-refractivity contribution in [3.63, 3.8) is 0 Å². The lowest BCUT2D eigenvalue weighted by atomic mass is 10.1. The third kappa shape index (κ3) is 5.27. The van der Waals surface area contributed by atoms with Gasteiger partial charge in [0.15, 0.2) is 0 Å². The molecule has 7 nitrogen and oxygen atoms in total. The van der Waals surface area contributed by atoms with Crippen molar-refractivity contribution in [3.05, 3.63) is 41.8 Å². The van der Waals surface area contributed by atoms with Crippen molar-refractivity contribution < 1.29 is 4.79 Å². The fraction of sp³-hybridized carbons (Fsp3) is 0.412. The minimum Gasteiger partial charge on any atom is -0.295 e. The second-order valence-corrected chi connectivity index (χ2v) is 5.88. The standard InChI is InChI=1S/C17H24N6O/c1-12-5-4-6-15(9-7-12)10-8-13(2)23(18)17-20-11-19-16(22-17)21-14(3)24/h5-7,9,11,13H,4,8,10,18H2,1-3H3,(H,19,20,21,22,24). The summed E-state index contributed by atoms with van der Waals surface area (Å²) in [6.45, 7) is 5.52. The molecule has 1 aliphatic rings. The van der Waals surface area contributed by atoms with Crippen molar-refractivity contribution in [1.29, 1.82) is 0 Å². The van der Waals surface area contributed by atoms with Crippen LogP contribution in [0.2, 0.25) is 0 Å². The number of amides is 1. The number of aromatic nitrogens is 3. The van der Waals surface area contributed by atoms with Gasteiger partial charge in [-0.15, -0.1) is 0 Å². The Balaban J connectivity index is 1.94. The zero-order chi connectivity index (χ0) is 17.5. The number of rotatable bonds is 6. The van der Waals surface area contributed by atoms with Crippen LogP contribution in [-0.4, -0.2) is 26.9 Å². The highest BCUT2D eigenvalue weighted by Crippen LogP contribution is 2.18. The highest BCUT2D eigenvalue weighted by molar-refractivity contribution is 5.86. The summed E-state index contributed by atoms with van der Waals surface area (Å²) in [6.07, 6.45) is 12.8. The van der Waals surface area contributed by atoms with Crippen LogP contribution in [0.15, 0.2) is 41.8 Å². The number of nitrogens with two attached hydrogens (primary N) is 1. The van der Waals surface area contributed by atoms with Crippen LogP contribution < -0.4 is 16.2 Å². The Morgan fingerprint density at radius 2 is 2.17 bits per heavy atom. The van der Waals surface area contributed by atoms with Crippen molar-refractivity contribution in [3.8, 4) is 0 Å². The van der Waals surface area contributed by atoms with Gasteiger partial charge in [0.2, 0.25) is 17.8 Å². The average molecular weight is 328 g/mol. The van der Waals surface area contributed by atoms with Crippen molar-refractivity contribution in [2.24, 2.45) is 5.84 Å². The topological polar surface area (TPSA) is 97.0 Å². The van der Waals surface area contributed by atoms with Gasteiger partial charge in [0.25, 0.3) is 0 Å². The second-order valence-electron chi connectivity index (χ2n) is 5.88. The first-order valence-corrected chi connectivity index (χ1v) is 8.00. The maximum absolute atomic E-state index is 11.1. The number of hydrogen-bond donors (Lipinski definition) is 2. The molecule has 0 bridgehead atoms. The van der Waals surface area contributed by atoms with Crippen molar-refractivity contribution >= 4 is 17.8 Å². The molecule has 1 aromatic heterocycles. The highest BCUT2D eigenvalue weighted by Gasteiger charge is 2.15. The number of nitrogens with one attached hydrogen (secondary N) is 1. The molecule has 0 saturated heterocycles. The van der Waals surface area contributed by atoms with Gasteiger partial charge in [-0.2, -0.15) is 9.97 Å². The number of carbonyl (C=O) groups is 1. The van der Waals surface area contributed by atoms with E-state index in [-0.39, 0.29) is 17.9 Å². The zero-order valence-corrected chi connectivity index (χ0v) is 14.4. The van der Waals surface area contributed by atoms with Crippen molar-refractivity contribution in [2.75, 3.05) is 10.3 Å². The van der Waals surface area contributed by atoms with Crippen LogP contribution in [0.5, 0.6) is 0 Å². The Morgan fingerprint density at radius 1 is 1.38 bits per heavy atom. The molecule has 1 amide bonds. The lowest BCUT2D eigenvalue weighted by Gasteiger charge is -2.24. The van der Waals surface area contributed by atoms with Gasteiger partial charge in [-0.25, -0.2) is 10.8 Å². The summed E-state index contributed by atoms with van der Waals surface area (Å²) in [5.41, 5.74) is 2.59. The van der Waals surface area contributed by atoms with Crippen LogP contribution in [0.25, 0.3) is 0 Å². The SMILES string of the molecule is CC(=O)Nc1ncnc(N(N)C(C)CCC2=CCC=C(C)C=C2)n1. The maximum Gasteiger partial charge on any atom is 0.244 e. The van der Waals surface area contributed by atoms with E-state index in [0.717, 1.165) is 19.3 Å². The van der Waals surface area contributed by atoms with Crippen LogP contribution in [0.4, 0.5) is 11.9 Å². The van der Waals surface area contributed by atoms with Gasteiger partial charge >= 0.3 is 0 Å². The summed E-state index contributed by atoms with van der Waals surface area (Å²) < 4.78 is 0. The Hall–Kier alpha value is -2.54. The van der Waals surface area contributed by atoms with E-state index in [2.05, 4.69) is 51.5 Å². The number of nitrogens with zero attached hydrogens (tertiary/aromatic N) is 4. The van der Waals surface area contributed by atoms with E-state index in [4.69, 9.17) is 5.84 Å². The minimum absolute atomic E-state index is 0.0455. The van der Waals surface area contributed by atoms with Crippen LogP contribution in [0, 0.1) is 0 Å². The number of hydrazine groups is 1. The fourth-order valence-corrected chi connectivity index (χ4v) is 2.30. The summed E-state index contributed by atoms with van der Waals surface area (Å²) in [7, 11) is 0. The quantitative estimate of drug-likeness (QED) is 0.615. The van der Waals surface area contributed by atoms with Gasteiger partial charge in [0.05, 0.1) is 0 Å². The van der Waals surface area contributed by atoms with Crippen LogP contribution in [0.1, 0.15) is 40.0 Å². The van der Waals surface area contributed by atoms with E-state index >= 15 is 0 Å². The summed E-state index contributed by atoms with van der Waals surface area (Å²) >= 11 is 0. The van der Waals surface area contributed by atoms with Gasteiger partial charge in [0.1, 0.15) is 6.33 Å². The van der Waals surface area contributed by atoms with Crippen LogP contribution >= 0.6 is 0 Å². The largest absolute Gasteiger partial charge is 0.295 e. The smallest absolute Gasteiger partial charge is 0.244 e. The molecular weight excluding hydrogens is 304 g/mol. The van der Waals surface area contributed by atoms with Gasteiger partial charge in [-0.3, -0.25) is 15.1 Å². The Morgan fingerprint density at radius 3 is 2.92 bits per heavy atom. The predicted octanol–water partition coefficient (Wildman–Crippen LogP) is 2.51. The van der Waals surface area contributed by atoms with E-state index in [1.165, 1.54) is 29.4 Å². The Bertz CT molecular complexity index is 679. The normalized spacial score (nSPS) is 15.2. The molecule has 3 N–H and O–H groups in total. The molecule has 1 aliphatic carbocycles. The molecule has 1 unspecified atom stereocenters. The first-order valence-electron chi connectivity index (χ1n) is 8.00. The monoisotopic (exact) mass is 328 g/mol. The van der Waals surface area contributed by atoms with E-state index in [0.29, 0.717) is 5.95 Å². The third-order valence-electron chi connectivity index (χ3n) is 3.78. The zero-order valence-electron chi connectivity index (χ0n) is 14.4. The average Bonchev–Trinajstić information content (AvgIpc) is 2.76. The van der Waals surface area contributed by atoms with E-state index < -0.39 is 0 Å². The number of anilines is 2. The molecule has 0 aliphatic heterocycles. The molecule has 0 spiro atoms. The van der Waals surface area contributed by atoms with E-state index in [1.807, 2.05) is 6.92 Å². The molecule has 1 aromatic rings. The second kappa shape index (κ2) is 8.35. The third-order valence-corrected chi connectivity index (χ3v) is 3.78. The molecule has 128 valence electrons. The molecule has 1 atom stereocenters. The van der Waals surface area contributed by atoms with Crippen LogP contribution in [0.3, 0.4) is 0 Å². The summed E-state index contributed by atoms with van der Waals surface area (Å²) in [4.78, 5) is 23.2. The summed E-state index contributed by atoms with van der Waals surface area (Å²) in [5.74, 6) is 6.43. The van der Waals surface area contributed by atoms with Crippen LogP contribution in [-0.2, 0) is 4.79 Å². The molecule has 1 heterocycles. The number of carbonyl (C=O) groups excluding carboxylic acids is 1. The van der Waals surface area contributed by atoms with Gasteiger partial charge in [-0.1, -0.05) is 35.5 Å². The minimum atomic E-state index is -0.236. The number of hydrogen-bond acceptors (Lipinski definition) is 6. The Labute approximate surface area is 142 Å². The van der Waals surface area contributed by atoms with Crippen molar-refractivity contribution in [2.45, 2.75) is 46.1 Å². The predicted molar refractivity (Wildman–Crippen MR) is 95.1 cm³/mol. The molecule has 0 saturated carbocycles. The molecule has 0 radical (unpaired) electrons. The molecule has 0 aromatic carbocycles. The lowest BCUT2D eigenvalue weighted by molar-refractivity contribution is -0.114. The highest BCUT2D eigenvalue weighted by atomic mass is 16.1. The maximum atomic E-state index is 11.1. The van der Waals surface area contributed by atoms with E-state index in [9.17, 15) is 4.79 Å². The number of allylic oxidation sites excluding steroid dienone is 6. The molecule has 0 fully saturated rings. The van der Waals surface area contributed by atoms with Gasteiger partial charge in [0, 0.05) is 13.0 Å². The molecular formula is C17H24N6O. The fourth-order valence-electron chi connectivity index (χ4n) is 2.30. The molecule has 7 heteroatoms. The summed E-state index contributed by atoms with van der Waals surface area (Å²) in [6, 6.07) is 0.0455. The summed E-state index contributed by atoms with van der Waals surface area (Å²) in [5, 5.41) is 4.04. The van der Waals surface area contributed by atoms with E-state index in [1.54, 1.807) is 0 Å². The van der Waals surface area contributed by atoms with Crippen molar-refractivity contribution in [1.82, 2.24) is 15.0 Å². The first-order chi connectivity index (χ1) is 11.5. The van der Waals surface area contributed by atoms with Gasteiger partial charge < -0.3 is 0 Å². The van der Waals surface area contributed by atoms with Gasteiger partial charge in [-0.05, 0) is 33.1 Å².